The Morgan fingerprint density at radius 1 is 1.40 bits per heavy atom. The second-order valence-electron chi connectivity index (χ2n) is 1.65. The van der Waals surface area contributed by atoms with Crippen molar-refractivity contribution in [2.75, 3.05) is 0 Å². The molecular formula is C6H5NO2S. The second kappa shape index (κ2) is 3.12. The predicted molar refractivity (Wildman–Crippen MR) is 38.3 cm³/mol. The van der Waals surface area contributed by atoms with Crippen LogP contribution < -0.4 is 0 Å². The van der Waals surface area contributed by atoms with Crippen molar-refractivity contribution in [1.82, 2.24) is 0 Å². The van der Waals surface area contributed by atoms with Crippen molar-refractivity contribution in [1.29, 1.82) is 0 Å². The molecule has 0 aliphatic heterocycles. The van der Waals surface area contributed by atoms with Crippen LogP contribution in [0.5, 0.6) is 5.75 Å². The lowest BCUT2D eigenvalue weighted by Gasteiger charge is -1.91. The van der Waals surface area contributed by atoms with Gasteiger partial charge in [-0.1, -0.05) is 12.1 Å². The van der Waals surface area contributed by atoms with Gasteiger partial charge in [0.2, 0.25) is 11.5 Å². The highest BCUT2D eigenvalue weighted by Gasteiger charge is 1.93. The first-order valence-electron chi connectivity index (χ1n) is 2.62. The maximum Gasteiger partial charge on any atom is 0.205 e. The Hall–Kier alpha value is -1.16. The number of aromatic hydroxyl groups is 1. The van der Waals surface area contributed by atoms with Crippen LogP contribution in [0, 0.1) is 0 Å². The Kier molecular flexibility index (Phi) is 2.17. The highest BCUT2D eigenvalue weighted by atomic mass is 32.1. The quantitative estimate of drug-likeness (QED) is 0.666. The Bertz CT molecular complexity index is 281. The van der Waals surface area contributed by atoms with Crippen molar-refractivity contribution in [3.63, 3.8) is 0 Å². The maximum atomic E-state index is 9.89. The monoisotopic (exact) mass is 155 g/mol. The van der Waals surface area contributed by atoms with Crippen LogP contribution in [0.25, 0.3) is 0 Å². The van der Waals surface area contributed by atoms with Crippen molar-refractivity contribution in [2.45, 2.75) is 0 Å². The lowest BCUT2D eigenvalue weighted by molar-refractivity contribution is 0.477. The molecule has 0 amide bonds. The Labute approximate surface area is 61.6 Å². The zero-order valence-electron chi connectivity index (χ0n) is 5.02. The lowest BCUT2D eigenvalue weighted by atomic mass is 10.3. The summed E-state index contributed by atoms with van der Waals surface area (Å²) in [4.78, 5) is 0. The molecule has 0 aliphatic carbocycles. The van der Waals surface area contributed by atoms with E-state index in [2.05, 4.69) is 4.36 Å². The van der Waals surface area contributed by atoms with Gasteiger partial charge >= 0.3 is 0 Å². The summed E-state index contributed by atoms with van der Waals surface area (Å²) < 4.78 is 13.3. The molecule has 1 aromatic carbocycles. The predicted octanol–water partition coefficient (Wildman–Crippen LogP) is 1.42. The molecule has 0 aromatic heterocycles. The topological polar surface area (TPSA) is 49.7 Å². The molecule has 0 atom stereocenters. The summed E-state index contributed by atoms with van der Waals surface area (Å²) in [6.45, 7) is 0. The van der Waals surface area contributed by atoms with Gasteiger partial charge in [0.1, 0.15) is 11.4 Å². The fraction of sp³-hybridized carbons (Fsp3) is 0. The van der Waals surface area contributed by atoms with E-state index in [0.29, 0.717) is 5.69 Å². The van der Waals surface area contributed by atoms with Gasteiger partial charge in [0.15, 0.2) is 0 Å². The van der Waals surface area contributed by atoms with Gasteiger partial charge in [0.05, 0.1) is 0 Å². The SMILES string of the molecule is O=S=Nc1ccccc1O. The largest absolute Gasteiger partial charge is 0.506 e. The summed E-state index contributed by atoms with van der Waals surface area (Å²) in [5.74, 6) is 0.0332. The smallest absolute Gasteiger partial charge is 0.205 e. The van der Waals surface area contributed by atoms with E-state index in [1.54, 1.807) is 18.2 Å². The first kappa shape index (κ1) is 6.95. The first-order valence-corrected chi connectivity index (χ1v) is 3.32. The third kappa shape index (κ3) is 1.41. The van der Waals surface area contributed by atoms with E-state index in [1.807, 2.05) is 0 Å². The zero-order valence-corrected chi connectivity index (χ0v) is 5.84. The number of para-hydroxylation sites is 1. The normalized spacial score (nSPS) is 8.80. The standard InChI is InChI=1S/C6H5NO2S/c8-6-4-2-1-3-5(6)7-10-9/h1-4,8H. The average Bonchev–Trinajstić information content (AvgIpc) is 1.94. The molecule has 0 saturated heterocycles. The maximum absolute atomic E-state index is 9.89. The number of nitrogens with zero attached hydrogens (tertiary/aromatic N) is 1. The first-order chi connectivity index (χ1) is 4.84. The van der Waals surface area contributed by atoms with Gasteiger partial charge in [-0.2, -0.15) is 8.57 Å². The van der Waals surface area contributed by atoms with Crippen molar-refractivity contribution < 1.29 is 9.32 Å². The van der Waals surface area contributed by atoms with E-state index >= 15 is 0 Å². The van der Waals surface area contributed by atoms with Gasteiger partial charge in [-0.3, -0.25) is 0 Å². The van der Waals surface area contributed by atoms with Crippen LogP contribution in [-0.2, 0) is 11.5 Å². The van der Waals surface area contributed by atoms with Gasteiger partial charge in [-0.05, 0) is 12.1 Å². The van der Waals surface area contributed by atoms with Crippen LogP contribution in [0.1, 0.15) is 0 Å². The zero-order chi connectivity index (χ0) is 7.40. The molecule has 1 aromatic rings. The van der Waals surface area contributed by atoms with E-state index in [1.165, 1.54) is 6.07 Å². The molecule has 0 saturated carbocycles. The fourth-order valence-electron chi connectivity index (χ4n) is 0.582. The molecule has 4 heteroatoms. The molecule has 0 fully saturated rings. The number of phenols is 1. The molecule has 1 N–H and O–H groups in total. The second-order valence-corrected chi connectivity index (χ2v) is 1.99. The number of hydrogen-bond acceptors (Lipinski definition) is 3. The summed E-state index contributed by atoms with van der Waals surface area (Å²) in [5.41, 5.74) is 0.322. The Morgan fingerprint density at radius 3 is 2.70 bits per heavy atom. The lowest BCUT2D eigenvalue weighted by Crippen LogP contribution is -1.64. The van der Waals surface area contributed by atoms with E-state index in [9.17, 15) is 4.21 Å². The van der Waals surface area contributed by atoms with Gasteiger partial charge in [0.25, 0.3) is 0 Å². The van der Waals surface area contributed by atoms with Crippen molar-refractivity contribution >= 4 is 17.2 Å². The summed E-state index contributed by atoms with van der Waals surface area (Å²) in [6.07, 6.45) is 0. The molecule has 0 unspecified atom stereocenters. The van der Waals surface area contributed by atoms with E-state index < -0.39 is 0 Å². The molecule has 0 spiro atoms. The fourth-order valence-corrected chi connectivity index (χ4v) is 0.816. The summed E-state index contributed by atoms with van der Waals surface area (Å²) in [7, 11) is 0. The minimum absolute atomic E-state index is 0.0332. The van der Waals surface area contributed by atoms with Crippen molar-refractivity contribution in [3.8, 4) is 5.75 Å². The van der Waals surface area contributed by atoms with Crippen LogP contribution in [0.3, 0.4) is 0 Å². The van der Waals surface area contributed by atoms with E-state index in [4.69, 9.17) is 5.11 Å². The Balaban J connectivity index is 3.14. The van der Waals surface area contributed by atoms with Crippen LogP contribution in [0.15, 0.2) is 28.6 Å². The van der Waals surface area contributed by atoms with Gasteiger partial charge in [-0.25, -0.2) is 0 Å². The van der Waals surface area contributed by atoms with Gasteiger partial charge in [-0.15, -0.1) is 0 Å². The summed E-state index contributed by atoms with van der Waals surface area (Å²) in [5, 5.41) is 9.00. The van der Waals surface area contributed by atoms with Gasteiger partial charge < -0.3 is 5.11 Å². The number of hydrogen-bond donors (Lipinski definition) is 1. The molecule has 3 nitrogen and oxygen atoms in total. The minimum atomic E-state index is 0.0332. The number of benzene rings is 1. The molecule has 0 aliphatic rings. The van der Waals surface area contributed by atoms with Crippen LogP contribution in [0.4, 0.5) is 5.69 Å². The molecular weight excluding hydrogens is 150 g/mol. The highest BCUT2D eigenvalue weighted by molar-refractivity contribution is 7.54. The van der Waals surface area contributed by atoms with Gasteiger partial charge in [0, 0.05) is 0 Å². The van der Waals surface area contributed by atoms with Crippen LogP contribution >= 0.6 is 0 Å². The van der Waals surface area contributed by atoms with E-state index in [-0.39, 0.29) is 17.2 Å². The van der Waals surface area contributed by atoms with Crippen molar-refractivity contribution in [3.05, 3.63) is 24.3 Å². The minimum Gasteiger partial charge on any atom is -0.506 e. The Morgan fingerprint density at radius 2 is 2.10 bits per heavy atom. The van der Waals surface area contributed by atoms with Crippen LogP contribution in [0.2, 0.25) is 0 Å². The number of phenolic OH excluding ortho intramolecular Hbond substituents is 1. The molecule has 1 rings (SSSR count). The molecule has 0 heterocycles. The molecule has 0 bridgehead atoms. The third-order valence-corrected chi connectivity index (χ3v) is 1.29. The molecule has 10 heavy (non-hydrogen) atoms. The van der Waals surface area contributed by atoms with Crippen LogP contribution in [-0.4, -0.2) is 9.32 Å². The third-order valence-electron chi connectivity index (χ3n) is 1.02. The van der Waals surface area contributed by atoms with E-state index in [0.717, 1.165) is 0 Å². The summed E-state index contributed by atoms with van der Waals surface area (Å²) >= 11 is 0.0839. The number of rotatable bonds is 1. The average molecular weight is 155 g/mol. The molecule has 0 radical (unpaired) electrons. The highest BCUT2D eigenvalue weighted by Crippen LogP contribution is 2.23. The summed E-state index contributed by atoms with van der Waals surface area (Å²) in [6, 6.07) is 6.42. The molecule has 52 valence electrons. The van der Waals surface area contributed by atoms with Crippen molar-refractivity contribution in [2.24, 2.45) is 4.36 Å².